The number of rotatable bonds is 5. The van der Waals surface area contributed by atoms with Gasteiger partial charge in [-0.05, 0) is 18.4 Å². The Morgan fingerprint density at radius 2 is 2.47 bits per heavy atom. The van der Waals surface area contributed by atoms with Crippen molar-refractivity contribution < 1.29 is 9.32 Å². The second-order valence-corrected chi connectivity index (χ2v) is 4.82. The first kappa shape index (κ1) is 11.9. The van der Waals surface area contributed by atoms with Gasteiger partial charge in [-0.1, -0.05) is 11.2 Å². The molecule has 0 unspecified atom stereocenters. The van der Waals surface area contributed by atoms with E-state index in [1.165, 1.54) is 0 Å². The highest BCUT2D eigenvalue weighted by atomic mass is 32.1. The normalized spacial score (nSPS) is 10.4. The Labute approximate surface area is 104 Å². The third kappa shape index (κ3) is 3.71. The topological polar surface area (TPSA) is 55.1 Å². The van der Waals surface area contributed by atoms with Crippen molar-refractivity contribution in [2.45, 2.75) is 19.8 Å². The molecule has 0 saturated heterocycles. The standard InChI is InChI=1S/C12H14N2O2S/c1-9-7-10(16-14-9)4-5-13-12(15)8-11-3-2-6-17-11/h2-3,6-7H,4-5,8H2,1H3,(H,13,15). The molecule has 2 aromatic heterocycles. The molecule has 90 valence electrons. The van der Waals surface area contributed by atoms with Gasteiger partial charge < -0.3 is 9.84 Å². The number of hydrogen-bond donors (Lipinski definition) is 1. The molecule has 0 aliphatic carbocycles. The van der Waals surface area contributed by atoms with E-state index in [2.05, 4.69) is 10.5 Å². The van der Waals surface area contributed by atoms with Crippen LogP contribution >= 0.6 is 11.3 Å². The summed E-state index contributed by atoms with van der Waals surface area (Å²) in [5.41, 5.74) is 0.866. The first-order valence-corrected chi connectivity index (χ1v) is 6.33. The lowest BCUT2D eigenvalue weighted by Gasteiger charge is -2.01. The molecule has 1 N–H and O–H groups in total. The largest absolute Gasteiger partial charge is 0.361 e. The predicted molar refractivity (Wildman–Crippen MR) is 66.0 cm³/mol. The molecule has 2 aromatic rings. The van der Waals surface area contributed by atoms with Gasteiger partial charge in [0.1, 0.15) is 5.76 Å². The van der Waals surface area contributed by atoms with Gasteiger partial charge in [0.25, 0.3) is 0 Å². The summed E-state index contributed by atoms with van der Waals surface area (Å²) in [7, 11) is 0. The SMILES string of the molecule is Cc1cc(CCNC(=O)Cc2cccs2)on1. The average Bonchev–Trinajstić information content (AvgIpc) is 2.90. The van der Waals surface area contributed by atoms with Crippen molar-refractivity contribution >= 4 is 17.2 Å². The van der Waals surface area contributed by atoms with Crippen LogP contribution < -0.4 is 5.32 Å². The smallest absolute Gasteiger partial charge is 0.225 e. The van der Waals surface area contributed by atoms with Crippen LogP contribution in [0.15, 0.2) is 28.1 Å². The molecule has 0 aromatic carbocycles. The summed E-state index contributed by atoms with van der Waals surface area (Å²) in [6.45, 7) is 2.46. The summed E-state index contributed by atoms with van der Waals surface area (Å²) in [6, 6.07) is 5.79. The molecule has 0 aliphatic rings. The molecule has 0 saturated carbocycles. The van der Waals surface area contributed by atoms with E-state index in [1.54, 1.807) is 11.3 Å². The molecule has 17 heavy (non-hydrogen) atoms. The van der Waals surface area contributed by atoms with Crippen molar-refractivity contribution in [1.82, 2.24) is 10.5 Å². The number of thiophene rings is 1. The Balaban J connectivity index is 1.70. The molecular formula is C12H14N2O2S. The van der Waals surface area contributed by atoms with Gasteiger partial charge in [-0.2, -0.15) is 0 Å². The van der Waals surface area contributed by atoms with Gasteiger partial charge in [0.15, 0.2) is 0 Å². The van der Waals surface area contributed by atoms with E-state index < -0.39 is 0 Å². The maximum atomic E-state index is 11.6. The summed E-state index contributed by atoms with van der Waals surface area (Å²) < 4.78 is 5.05. The highest BCUT2D eigenvalue weighted by molar-refractivity contribution is 7.10. The van der Waals surface area contributed by atoms with Crippen LogP contribution in [0.25, 0.3) is 0 Å². The Kier molecular flexibility index (Phi) is 3.93. The highest BCUT2D eigenvalue weighted by Crippen LogP contribution is 2.08. The number of nitrogens with one attached hydrogen (secondary N) is 1. The summed E-state index contributed by atoms with van der Waals surface area (Å²) in [6.07, 6.45) is 1.13. The minimum Gasteiger partial charge on any atom is -0.361 e. The Bertz CT molecular complexity index is 476. The van der Waals surface area contributed by atoms with Gasteiger partial charge in [-0.25, -0.2) is 0 Å². The third-order valence-corrected chi connectivity index (χ3v) is 3.16. The van der Waals surface area contributed by atoms with E-state index in [0.29, 0.717) is 19.4 Å². The Hall–Kier alpha value is -1.62. The van der Waals surface area contributed by atoms with Crippen molar-refractivity contribution in [2.75, 3.05) is 6.54 Å². The van der Waals surface area contributed by atoms with E-state index >= 15 is 0 Å². The summed E-state index contributed by atoms with van der Waals surface area (Å²) in [5, 5.41) is 8.62. The number of carbonyl (C=O) groups excluding carboxylic acids is 1. The fourth-order valence-electron chi connectivity index (χ4n) is 1.49. The lowest BCUT2D eigenvalue weighted by molar-refractivity contribution is -0.120. The van der Waals surface area contributed by atoms with Crippen molar-refractivity contribution in [3.05, 3.63) is 39.9 Å². The first-order valence-electron chi connectivity index (χ1n) is 5.45. The van der Waals surface area contributed by atoms with Crippen LogP contribution in [-0.2, 0) is 17.6 Å². The third-order valence-electron chi connectivity index (χ3n) is 2.29. The first-order chi connectivity index (χ1) is 8.24. The number of aryl methyl sites for hydroxylation is 1. The summed E-state index contributed by atoms with van der Waals surface area (Å²) >= 11 is 1.60. The van der Waals surface area contributed by atoms with Crippen molar-refractivity contribution in [3.63, 3.8) is 0 Å². The molecule has 4 nitrogen and oxygen atoms in total. The minimum absolute atomic E-state index is 0.0451. The van der Waals surface area contributed by atoms with Crippen LogP contribution in [0.2, 0.25) is 0 Å². The highest BCUT2D eigenvalue weighted by Gasteiger charge is 2.05. The molecule has 0 aliphatic heterocycles. The molecule has 0 atom stereocenters. The monoisotopic (exact) mass is 250 g/mol. The van der Waals surface area contributed by atoms with Crippen LogP contribution in [0.3, 0.4) is 0 Å². The summed E-state index contributed by atoms with van der Waals surface area (Å²) in [4.78, 5) is 12.6. The molecule has 0 radical (unpaired) electrons. The van der Waals surface area contributed by atoms with Crippen molar-refractivity contribution in [1.29, 1.82) is 0 Å². The molecule has 2 heterocycles. The molecule has 2 rings (SSSR count). The van der Waals surface area contributed by atoms with Gasteiger partial charge >= 0.3 is 0 Å². The fraction of sp³-hybridized carbons (Fsp3) is 0.333. The van der Waals surface area contributed by atoms with Gasteiger partial charge in [-0.3, -0.25) is 4.79 Å². The second kappa shape index (κ2) is 5.63. The zero-order chi connectivity index (χ0) is 12.1. The van der Waals surface area contributed by atoms with Crippen LogP contribution in [0, 0.1) is 6.92 Å². The van der Waals surface area contributed by atoms with E-state index in [-0.39, 0.29) is 5.91 Å². The number of amides is 1. The maximum Gasteiger partial charge on any atom is 0.225 e. The molecule has 5 heteroatoms. The zero-order valence-electron chi connectivity index (χ0n) is 9.60. The molecule has 0 spiro atoms. The van der Waals surface area contributed by atoms with Gasteiger partial charge in [-0.15, -0.1) is 11.3 Å². The lowest BCUT2D eigenvalue weighted by Crippen LogP contribution is -2.26. The quantitative estimate of drug-likeness (QED) is 0.882. The van der Waals surface area contributed by atoms with Crippen LogP contribution in [0.4, 0.5) is 0 Å². The van der Waals surface area contributed by atoms with E-state index in [4.69, 9.17) is 4.52 Å². The fourth-order valence-corrected chi connectivity index (χ4v) is 2.20. The van der Waals surface area contributed by atoms with E-state index in [9.17, 15) is 4.79 Å². The Morgan fingerprint density at radius 1 is 1.59 bits per heavy atom. The average molecular weight is 250 g/mol. The van der Waals surface area contributed by atoms with Crippen molar-refractivity contribution in [2.24, 2.45) is 0 Å². The van der Waals surface area contributed by atoms with Gasteiger partial charge in [0.2, 0.25) is 5.91 Å². The number of aromatic nitrogens is 1. The molecular weight excluding hydrogens is 236 g/mol. The second-order valence-electron chi connectivity index (χ2n) is 3.79. The molecule has 1 amide bonds. The van der Waals surface area contributed by atoms with Crippen molar-refractivity contribution in [3.8, 4) is 0 Å². The van der Waals surface area contributed by atoms with Crippen LogP contribution in [-0.4, -0.2) is 17.6 Å². The van der Waals surface area contributed by atoms with Crippen LogP contribution in [0.1, 0.15) is 16.3 Å². The minimum atomic E-state index is 0.0451. The van der Waals surface area contributed by atoms with Gasteiger partial charge in [0, 0.05) is 23.9 Å². The molecule has 0 fully saturated rings. The predicted octanol–water partition coefficient (Wildman–Crippen LogP) is 1.95. The number of hydrogen-bond acceptors (Lipinski definition) is 4. The maximum absolute atomic E-state index is 11.6. The van der Waals surface area contributed by atoms with E-state index in [1.807, 2.05) is 30.5 Å². The Morgan fingerprint density at radius 3 is 3.12 bits per heavy atom. The van der Waals surface area contributed by atoms with Crippen LogP contribution in [0.5, 0.6) is 0 Å². The van der Waals surface area contributed by atoms with E-state index in [0.717, 1.165) is 16.3 Å². The number of carbonyl (C=O) groups is 1. The zero-order valence-corrected chi connectivity index (χ0v) is 10.4. The number of nitrogens with zero attached hydrogens (tertiary/aromatic N) is 1. The lowest BCUT2D eigenvalue weighted by atomic mass is 10.3. The summed E-state index contributed by atoms with van der Waals surface area (Å²) in [5.74, 6) is 0.850. The molecule has 0 bridgehead atoms. The van der Waals surface area contributed by atoms with Gasteiger partial charge in [0.05, 0.1) is 12.1 Å².